The molecule has 3 heteroatoms. The summed E-state index contributed by atoms with van der Waals surface area (Å²) in [5, 5.41) is 0. The number of aryl methyl sites for hydroxylation is 1. The molecule has 2 N–H and O–H groups in total. The number of hydrogen-bond donors (Lipinski definition) is 1. The maximum atomic E-state index is 6.12. The number of anilines is 1. The van der Waals surface area contributed by atoms with Gasteiger partial charge in [0, 0.05) is 9.79 Å². The Morgan fingerprint density at radius 2 is 1.78 bits per heavy atom. The molecule has 2 nitrogen and oxygen atoms in total. The summed E-state index contributed by atoms with van der Waals surface area (Å²) >= 11 is 1.68. The van der Waals surface area contributed by atoms with Crippen molar-refractivity contribution in [3.8, 4) is 5.75 Å². The van der Waals surface area contributed by atoms with Crippen molar-refractivity contribution in [2.45, 2.75) is 23.6 Å². The number of benzene rings is 2. The second-order valence-corrected chi connectivity index (χ2v) is 5.05. The van der Waals surface area contributed by atoms with E-state index in [1.807, 2.05) is 37.3 Å². The van der Waals surface area contributed by atoms with Gasteiger partial charge in [0.15, 0.2) is 0 Å². The van der Waals surface area contributed by atoms with Crippen molar-refractivity contribution >= 4 is 17.4 Å². The average molecular weight is 259 g/mol. The molecule has 0 saturated heterocycles. The van der Waals surface area contributed by atoms with Gasteiger partial charge in [-0.1, -0.05) is 36.0 Å². The molecule has 2 aromatic rings. The Kier molecular flexibility index (Phi) is 4.15. The molecule has 0 bridgehead atoms. The van der Waals surface area contributed by atoms with Crippen molar-refractivity contribution in [2.24, 2.45) is 0 Å². The molecular formula is C15H17NOS. The summed E-state index contributed by atoms with van der Waals surface area (Å²) in [4.78, 5) is 2.26. The average Bonchev–Trinajstić information content (AvgIpc) is 2.37. The molecule has 0 aliphatic carbocycles. The highest BCUT2D eigenvalue weighted by molar-refractivity contribution is 7.99. The first kappa shape index (κ1) is 12.8. The van der Waals surface area contributed by atoms with Gasteiger partial charge in [-0.3, -0.25) is 0 Å². The number of ether oxygens (including phenoxy) is 1. The summed E-state index contributed by atoms with van der Waals surface area (Å²) < 4.78 is 5.51. The lowest BCUT2D eigenvalue weighted by molar-refractivity contribution is 0.341. The van der Waals surface area contributed by atoms with E-state index >= 15 is 0 Å². The first-order valence-electron chi connectivity index (χ1n) is 5.97. The van der Waals surface area contributed by atoms with Gasteiger partial charge in [0.25, 0.3) is 0 Å². The van der Waals surface area contributed by atoms with Gasteiger partial charge in [0.1, 0.15) is 5.75 Å². The molecule has 0 aliphatic heterocycles. The van der Waals surface area contributed by atoms with Crippen molar-refractivity contribution in [2.75, 3.05) is 12.3 Å². The summed E-state index contributed by atoms with van der Waals surface area (Å²) in [6.07, 6.45) is 0. The van der Waals surface area contributed by atoms with Crippen molar-refractivity contribution in [1.82, 2.24) is 0 Å². The summed E-state index contributed by atoms with van der Waals surface area (Å²) in [6, 6.07) is 14.2. The zero-order chi connectivity index (χ0) is 13.0. The van der Waals surface area contributed by atoms with Crippen LogP contribution in [0.4, 0.5) is 5.69 Å². The number of nitrogens with two attached hydrogens (primary N) is 1. The Morgan fingerprint density at radius 1 is 1.06 bits per heavy atom. The molecule has 18 heavy (non-hydrogen) atoms. The molecule has 0 radical (unpaired) electrons. The van der Waals surface area contributed by atoms with Crippen molar-refractivity contribution < 1.29 is 4.74 Å². The molecule has 94 valence electrons. The van der Waals surface area contributed by atoms with Crippen LogP contribution in [0.25, 0.3) is 0 Å². The fraction of sp³-hybridized carbons (Fsp3) is 0.200. The SMILES string of the molecule is CCOc1cccc(Sc2ccccc2C)c1N. The van der Waals surface area contributed by atoms with Crippen LogP contribution < -0.4 is 10.5 Å². The number of hydrogen-bond acceptors (Lipinski definition) is 3. The monoisotopic (exact) mass is 259 g/mol. The highest BCUT2D eigenvalue weighted by atomic mass is 32.2. The normalized spacial score (nSPS) is 10.3. The highest BCUT2D eigenvalue weighted by Crippen LogP contribution is 2.37. The highest BCUT2D eigenvalue weighted by Gasteiger charge is 2.08. The van der Waals surface area contributed by atoms with E-state index in [1.165, 1.54) is 10.5 Å². The Labute approximate surface area is 112 Å². The smallest absolute Gasteiger partial charge is 0.143 e. The summed E-state index contributed by atoms with van der Waals surface area (Å²) in [5.74, 6) is 0.760. The topological polar surface area (TPSA) is 35.2 Å². The number of rotatable bonds is 4. The van der Waals surface area contributed by atoms with Crippen LogP contribution in [-0.2, 0) is 0 Å². The van der Waals surface area contributed by atoms with Gasteiger partial charge in [-0.25, -0.2) is 0 Å². The van der Waals surface area contributed by atoms with Crippen LogP contribution in [0.3, 0.4) is 0 Å². The Hall–Kier alpha value is -1.61. The second-order valence-electron chi connectivity index (χ2n) is 3.97. The van der Waals surface area contributed by atoms with Crippen LogP contribution >= 0.6 is 11.8 Å². The lowest BCUT2D eigenvalue weighted by Gasteiger charge is -2.11. The van der Waals surface area contributed by atoms with Crippen LogP contribution in [0.1, 0.15) is 12.5 Å². The predicted octanol–water partition coefficient (Wildman–Crippen LogP) is 4.13. The Balaban J connectivity index is 2.30. The van der Waals surface area contributed by atoms with Crippen LogP contribution in [0.15, 0.2) is 52.3 Å². The molecule has 0 aromatic heterocycles. The number of para-hydroxylation sites is 1. The summed E-state index contributed by atoms with van der Waals surface area (Å²) in [6.45, 7) is 4.69. The van der Waals surface area contributed by atoms with Crippen molar-refractivity contribution in [3.05, 3.63) is 48.0 Å². The van der Waals surface area contributed by atoms with Crippen LogP contribution in [0.2, 0.25) is 0 Å². The van der Waals surface area contributed by atoms with Crippen molar-refractivity contribution in [3.63, 3.8) is 0 Å². The van der Waals surface area contributed by atoms with Gasteiger partial charge >= 0.3 is 0 Å². The van der Waals surface area contributed by atoms with Gasteiger partial charge in [0.2, 0.25) is 0 Å². The van der Waals surface area contributed by atoms with Crippen LogP contribution in [0, 0.1) is 6.92 Å². The largest absolute Gasteiger partial charge is 0.492 e. The van der Waals surface area contributed by atoms with E-state index in [4.69, 9.17) is 10.5 Å². The van der Waals surface area contributed by atoms with Crippen LogP contribution in [0.5, 0.6) is 5.75 Å². The third-order valence-electron chi connectivity index (χ3n) is 2.64. The van der Waals surface area contributed by atoms with Crippen molar-refractivity contribution in [1.29, 1.82) is 0 Å². The van der Waals surface area contributed by atoms with E-state index in [-0.39, 0.29) is 0 Å². The van der Waals surface area contributed by atoms with E-state index in [0.29, 0.717) is 12.3 Å². The molecule has 0 unspecified atom stereocenters. The lowest BCUT2D eigenvalue weighted by atomic mass is 10.2. The zero-order valence-corrected chi connectivity index (χ0v) is 11.5. The predicted molar refractivity (Wildman–Crippen MR) is 77.3 cm³/mol. The molecule has 0 fully saturated rings. The minimum Gasteiger partial charge on any atom is -0.492 e. The molecule has 2 rings (SSSR count). The van der Waals surface area contributed by atoms with E-state index < -0.39 is 0 Å². The second kappa shape index (κ2) is 5.83. The van der Waals surface area contributed by atoms with E-state index in [9.17, 15) is 0 Å². The standard InChI is InChI=1S/C15H17NOS/c1-3-17-12-8-6-10-14(15(12)16)18-13-9-5-4-7-11(13)2/h4-10H,3,16H2,1-2H3. The fourth-order valence-corrected chi connectivity index (χ4v) is 2.65. The molecule has 2 aromatic carbocycles. The van der Waals surface area contributed by atoms with Gasteiger partial charge < -0.3 is 10.5 Å². The first-order valence-corrected chi connectivity index (χ1v) is 6.78. The van der Waals surface area contributed by atoms with Gasteiger partial charge in [-0.2, -0.15) is 0 Å². The molecule has 0 saturated carbocycles. The minimum absolute atomic E-state index is 0.628. The maximum Gasteiger partial charge on any atom is 0.143 e. The lowest BCUT2D eigenvalue weighted by Crippen LogP contribution is -1.98. The Morgan fingerprint density at radius 3 is 2.50 bits per heavy atom. The zero-order valence-electron chi connectivity index (χ0n) is 10.6. The number of nitrogen functional groups attached to an aromatic ring is 1. The van der Waals surface area contributed by atoms with Gasteiger partial charge in [-0.05, 0) is 37.6 Å². The minimum atomic E-state index is 0.628. The Bertz CT molecular complexity index is 540. The third-order valence-corrected chi connectivity index (χ3v) is 3.89. The van der Waals surface area contributed by atoms with Gasteiger partial charge in [-0.15, -0.1) is 0 Å². The van der Waals surface area contributed by atoms with Crippen LogP contribution in [-0.4, -0.2) is 6.61 Å². The fourth-order valence-electron chi connectivity index (χ4n) is 1.68. The maximum absolute atomic E-state index is 6.12. The van der Waals surface area contributed by atoms with Gasteiger partial charge in [0.05, 0.1) is 12.3 Å². The molecule has 0 amide bonds. The van der Waals surface area contributed by atoms with E-state index in [1.54, 1.807) is 11.8 Å². The molecule has 0 atom stereocenters. The first-order chi connectivity index (χ1) is 8.72. The molecule has 0 heterocycles. The molecule has 0 aliphatic rings. The molecular weight excluding hydrogens is 242 g/mol. The summed E-state index contributed by atoms with van der Waals surface area (Å²) in [7, 11) is 0. The molecule has 0 spiro atoms. The van der Waals surface area contributed by atoms with E-state index in [0.717, 1.165) is 10.6 Å². The van der Waals surface area contributed by atoms with E-state index in [2.05, 4.69) is 19.1 Å². The summed E-state index contributed by atoms with van der Waals surface area (Å²) in [5.41, 5.74) is 8.09. The third kappa shape index (κ3) is 2.79. The quantitative estimate of drug-likeness (QED) is 0.839.